The standard InChI is InChI=1S/C12H19F2N3O/c13-12(14)17-6-5-15-11(17)9-16(7-8-18)10-3-1-2-4-10/h5-6,10,12,18H,1-4,7-9H2. The predicted molar refractivity (Wildman–Crippen MR) is 63.2 cm³/mol. The van der Waals surface area contributed by atoms with E-state index in [0.29, 0.717) is 25.0 Å². The van der Waals surface area contributed by atoms with Crippen molar-refractivity contribution in [3.63, 3.8) is 0 Å². The van der Waals surface area contributed by atoms with Crippen LogP contribution in [0.1, 0.15) is 38.1 Å². The first-order valence-corrected chi connectivity index (χ1v) is 6.37. The number of nitrogens with zero attached hydrogens (tertiary/aromatic N) is 3. The van der Waals surface area contributed by atoms with E-state index in [-0.39, 0.29) is 6.61 Å². The van der Waals surface area contributed by atoms with E-state index >= 15 is 0 Å². The first-order valence-electron chi connectivity index (χ1n) is 6.37. The molecule has 1 aromatic rings. The van der Waals surface area contributed by atoms with Gasteiger partial charge in [-0.3, -0.25) is 9.47 Å². The van der Waals surface area contributed by atoms with Crippen molar-refractivity contribution in [2.45, 2.75) is 44.8 Å². The highest BCUT2D eigenvalue weighted by Crippen LogP contribution is 2.25. The summed E-state index contributed by atoms with van der Waals surface area (Å²) >= 11 is 0. The molecule has 0 radical (unpaired) electrons. The van der Waals surface area contributed by atoms with E-state index in [2.05, 4.69) is 9.88 Å². The monoisotopic (exact) mass is 259 g/mol. The number of alkyl halides is 2. The maximum absolute atomic E-state index is 12.7. The molecule has 0 bridgehead atoms. The van der Waals surface area contributed by atoms with Gasteiger partial charge in [-0.15, -0.1) is 0 Å². The molecule has 0 atom stereocenters. The summed E-state index contributed by atoms with van der Waals surface area (Å²) in [7, 11) is 0. The van der Waals surface area contributed by atoms with Crippen LogP contribution >= 0.6 is 0 Å². The maximum Gasteiger partial charge on any atom is 0.319 e. The summed E-state index contributed by atoms with van der Waals surface area (Å²) in [5, 5.41) is 9.09. The Morgan fingerprint density at radius 1 is 1.44 bits per heavy atom. The van der Waals surface area contributed by atoms with Crippen LogP contribution in [0.5, 0.6) is 0 Å². The van der Waals surface area contributed by atoms with Gasteiger partial charge < -0.3 is 5.11 Å². The van der Waals surface area contributed by atoms with Gasteiger partial charge >= 0.3 is 6.55 Å². The number of imidazole rings is 1. The Kier molecular flexibility index (Phi) is 4.66. The Morgan fingerprint density at radius 3 is 2.78 bits per heavy atom. The number of rotatable bonds is 6. The van der Waals surface area contributed by atoms with Crippen LogP contribution in [0.15, 0.2) is 12.4 Å². The lowest BCUT2D eigenvalue weighted by Gasteiger charge is -2.27. The molecule has 1 aliphatic carbocycles. The zero-order valence-electron chi connectivity index (χ0n) is 10.3. The topological polar surface area (TPSA) is 41.3 Å². The molecule has 0 aromatic carbocycles. The van der Waals surface area contributed by atoms with E-state index in [0.717, 1.165) is 17.4 Å². The fourth-order valence-electron chi connectivity index (χ4n) is 2.61. The van der Waals surface area contributed by atoms with Gasteiger partial charge in [0.25, 0.3) is 0 Å². The van der Waals surface area contributed by atoms with Crippen molar-refractivity contribution in [3.05, 3.63) is 18.2 Å². The van der Waals surface area contributed by atoms with Crippen LogP contribution in [-0.4, -0.2) is 38.8 Å². The molecular formula is C12H19F2N3O. The number of hydrogen-bond donors (Lipinski definition) is 1. The van der Waals surface area contributed by atoms with Gasteiger partial charge in [-0.1, -0.05) is 12.8 Å². The van der Waals surface area contributed by atoms with Crippen molar-refractivity contribution < 1.29 is 13.9 Å². The molecule has 1 saturated carbocycles. The minimum absolute atomic E-state index is 0.0475. The molecule has 1 N–H and O–H groups in total. The molecule has 1 aliphatic rings. The summed E-state index contributed by atoms with van der Waals surface area (Å²) in [5.41, 5.74) is 0. The molecule has 0 unspecified atom stereocenters. The largest absolute Gasteiger partial charge is 0.395 e. The van der Waals surface area contributed by atoms with E-state index in [1.165, 1.54) is 25.2 Å². The zero-order chi connectivity index (χ0) is 13.0. The highest BCUT2D eigenvalue weighted by Gasteiger charge is 2.24. The van der Waals surface area contributed by atoms with E-state index in [1.807, 2.05) is 0 Å². The van der Waals surface area contributed by atoms with Gasteiger partial charge in [0.2, 0.25) is 0 Å². The van der Waals surface area contributed by atoms with Crippen LogP contribution in [0.2, 0.25) is 0 Å². The third-order valence-electron chi connectivity index (χ3n) is 3.53. The molecule has 18 heavy (non-hydrogen) atoms. The average molecular weight is 259 g/mol. The molecule has 1 fully saturated rings. The number of halogens is 2. The summed E-state index contributed by atoms with van der Waals surface area (Å²) < 4.78 is 26.3. The van der Waals surface area contributed by atoms with Crippen LogP contribution in [0, 0.1) is 0 Å². The van der Waals surface area contributed by atoms with Gasteiger partial charge in [-0.25, -0.2) is 4.98 Å². The quantitative estimate of drug-likeness (QED) is 0.849. The van der Waals surface area contributed by atoms with Gasteiger partial charge in [-0.05, 0) is 12.8 Å². The molecule has 102 valence electrons. The van der Waals surface area contributed by atoms with Crippen molar-refractivity contribution in [1.29, 1.82) is 0 Å². The molecule has 0 spiro atoms. The zero-order valence-corrected chi connectivity index (χ0v) is 10.3. The van der Waals surface area contributed by atoms with Gasteiger partial charge in [-0.2, -0.15) is 8.78 Å². The lowest BCUT2D eigenvalue weighted by atomic mass is 10.2. The first kappa shape index (κ1) is 13.4. The van der Waals surface area contributed by atoms with Crippen LogP contribution in [0.3, 0.4) is 0 Å². The lowest BCUT2D eigenvalue weighted by Crippen LogP contribution is -2.36. The first-order chi connectivity index (χ1) is 8.72. The fraction of sp³-hybridized carbons (Fsp3) is 0.750. The maximum atomic E-state index is 12.7. The second kappa shape index (κ2) is 6.24. The second-order valence-electron chi connectivity index (χ2n) is 4.66. The second-order valence-corrected chi connectivity index (χ2v) is 4.66. The van der Waals surface area contributed by atoms with Gasteiger partial charge in [0.05, 0.1) is 13.2 Å². The van der Waals surface area contributed by atoms with Crippen LogP contribution < -0.4 is 0 Å². The van der Waals surface area contributed by atoms with Crippen molar-refractivity contribution in [2.75, 3.05) is 13.2 Å². The summed E-state index contributed by atoms with van der Waals surface area (Å²) in [6.07, 6.45) is 7.20. The van der Waals surface area contributed by atoms with E-state index in [4.69, 9.17) is 5.11 Å². The molecule has 2 rings (SSSR count). The molecule has 4 nitrogen and oxygen atoms in total. The Bertz CT molecular complexity index is 364. The molecule has 1 heterocycles. The van der Waals surface area contributed by atoms with E-state index in [1.54, 1.807) is 0 Å². The summed E-state index contributed by atoms with van der Waals surface area (Å²) in [4.78, 5) is 6.05. The minimum Gasteiger partial charge on any atom is -0.395 e. The summed E-state index contributed by atoms with van der Waals surface area (Å²) in [5.74, 6) is 0.366. The van der Waals surface area contributed by atoms with Gasteiger partial charge in [0, 0.05) is 25.0 Å². The number of hydrogen-bond acceptors (Lipinski definition) is 3. The van der Waals surface area contributed by atoms with Crippen molar-refractivity contribution in [3.8, 4) is 0 Å². The third-order valence-corrected chi connectivity index (χ3v) is 3.53. The summed E-state index contributed by atoms with van der Waals surface area (Å²) in [6.45, 7) is -1.61. The SMILES string of the molecule is OCCN(Cc1nccn1C(F)F)C1CCCC1. The van der Waals surface area contributed by atoms with Gasteiger partial charge in [0.15, 0.2) is 0 Å². The van der Waals surface area contributed by atoms with Gasteiger partial charge in [0.1, 0.15) is 5.82 Å². The number of aliphatic hydroxyl groups excluding tert-OH is 1. The highest BCUT2D eigenvalue weighted by atomic mass is 19.3. The molecule has 0 saturated heterocycles. The van der Waals surface area contributed by atoms with Crippen molar-refractivity contribution in [1.82, 2.24) is 14.5 Å². The van der Waals surface area contributed by atoms with E-state index < -0.39 is 6.55 Å². The van der Waals surface area contributed by atoms with Crippen LogP contribution in [0.25, 0.3) is 0 Å². The average Bonchev–Trinajstić information content (AvgIpc) is 2.99. The van der Waals surface area contributed by atoms with E-state index in [9.17, 15) is 8.78 Å². The molecule has 0 amide bonds. The Morgan fingerprint density at radius 2 is 2.17 bits per heavy atom. The minimum atomic E-state index is -2.55. The third kappa shape index (κ3) is 3.05. The summed E-state index contributed by atoms with van der Waals surface area (Å²) in [6, 6.07) is 0.389. The Hall–Kier alpha value is -1.01. The number of aliphatic hydroxyl groups is 1. The molecule has 6 heteroatoms. The molecular weight excluding hydrogens is 240 g/mol. The highest BCUT2D eigenvalue weighted by molar-refractivity contribution is 4.94. The van der Waals surface area contributed by atoms with Crippen molar-refractivity contribution in [2.24, 2.45) is 0 Å². The Balaban J connectivity index is 2.05. The molecule has 0 aliphatic heterocycles. The lowest BCUT2D eigenvalue weighted by molar-refractivity contribution is 0.0607. The predicted octanol–water partition coefficient (Wildman–Crippen LogP) is 2.02. The number of aromatic nitrogens is 2. The molecule has 1 aromatic heterocycles. The normalized spacial score (nSPS) is 17.2. The van der Waals surface area contributed by atoms with Crippen molar-refractivity contribution >= 4 is 0 Å². The smallest absolute Gasteiger partial charge is 0.319 e. The van der Waals surface area contributed by atoms with Crippen LogP contribution in [-0.2, 0) is 6.54 Å². The Labute approximate surface area is 105 Å². The fourth-order valence-corrected chi connectivity index (χ4v) is 2.61. The van der Waals surface area contributed by atoms with Crippen LogP contribution in [0.4, 0.5) is 8.78 Å².